The van der Waals surface area contributed by atoms with E-state index >= 15 is 0 Å². The number of halogens is 2. The number of carboxylic acids is 1. The lowest BCUT2D eigenvalue weighted by Gasteiger charge is -2.28. The van der Waals surface area contributed by atoms with E-state index in [0.717, 1.165) is 0 Å². The number of hydrogen-bond donors (Lipinski definition) is 0. The summed E-state index contributed by atoms with van der Waals surface area (Å²) in [7, 11) is 0. The van der Waals surface area contributed by atoms with Gasteiger partial charge in [-0.1, -0.05) is 0 Å². The highest BCUT2D eigenvalue weighted by atomic mass is 19.3. The molecular weight excluding hydrogens is 214 g/mol. The molecule has 86 valence electrons. The molecule has 0 bridgehead atoms. The molecule has 1 aliphatic rings. The standard InChI is InChI=1S/C8H10F2O5/c1-7(2)4(3-5(11)15-7)14-8(9,10)6(12)13/h4H,3H2,1-2H3,(H,12,13)/p-1. The lowest BCUT2D eigenvalue weighted by Crippen LogP contribution is -2.48. The van der Waals surface area contributed by atoms with Gasteiger partial charge in [-0.15, -0.1) is 0 Å². The van der Waals surface area contributed by atoms with Crippen molar-refractivity contribution < 1.29 is 33.0 Å². The second kappa shape index (κ2) is 3.41. The fraction of sp³-hybridized carbons (Fsp3) is 0.750. The molecule has 1 heterocycles. The zero-order valence-corrected chi connectivity index (χ0v) is 8.08. The molecule has 0 aromatic carbocycles. The van der Waals surface area contributed by atoms with Crippen molar-refractivity contribution in [1.29, 1.82) is 0 Å². The molecule has 7 heteroatoms. The summed E-state index contributed by atoms with van der Waals surface area (Å²) in [6.45, 7) is 2.71. The van der Waals surface area contributed by atoms with Gasteiger partial charge in [0.1, 0.15) is 17.7 Å². The van der Waals surface area contributed by atoms with Gasteiger partial charge in [-0.25, -0.2) is 0 Å². The van der Waals surface area contributed by atoms with Gasteiger partial charge in [-0.05, 0) is 13.8 Å². The molecule has 0 amide bonds. The Balaban J connectivity index is 2.75. The minimum atomic E-state index is -4.42. The molecule has 15 heavy (non-hydrogen) atoms. The van der Waals surface area contributed by atoms with Gasteiger partial charge in [0, 0.05) is 0 Å². The van der Waals surface area contributed by atoms with Crippen LogP contribution in [-0.4, -0.2) is 29.8 Å². The van der Waals surface area contributed by atoms with E-state index in [4.69, 9.17) is 0 Å². The van der Waals surface area contributed by atoms with Crippen molar-refractivity contribution in [3.63, 3.8) is 0 Å². The Morgan fingerprint density at radius 3 is 2.53 bits per heavy atom. The summed E-state index contributed by atoms with van der Waals surface area (Å²) in [6.07, 6.45) is -6.14. The number of aliphatic carboxylic acids is 1. The third-order valence-electron chi connectivity index (χ3n) is 2.03. The molecule has 1 aliphatic heterocycles. The molecule has 1 unspecified atom stereocenters. The Hall–Kier alpha value is -1.24. The number of carbonyl (C=O) groups excluding carboxylic acids is 2. The fourth-order valence-corrected chi connectivity index (χ4v) is 1.21. The molecule has 0 N–H and O–H groups in total. The highest BCUT2D eigenvalue weighted by molar-refractivity contribution is 5.74. The zero-order valence-electron chi connectivity index (χ0n) is 8.08. The molecule has 0 radical (unpaired) electrons. The Bertz CT molecular complexity index is 299. The van der Waals surface area contributed by atoms with Crippen LogP contribution in [0.1, 0.15) is 20.3 Å². The maximum absolute atomic E-state index is 12.6. The first-order valence-corrected chi connectivity index (χ1v) is 4.14. The summed E-state index contributed by atoms with van der Waals surface area (Å²) in [5.74, 6) is -3.35. The molecule has 0 aromatic heterocycles. The summed E-state index contributed by atoms with van der Waals surface area (Å²) in [5.41, 5.74) is -1.27. The maximum atomic E-state index is 12.6. The Labute approximate surface area is 84.0 Å². The molecule has 1 fully saturated rings. The van der Waals surface area contributed by atoms with E-state index in [1.807, 2.05) is 0 Å². The van der Waals surface area contributed by atoms with Crippen LogP contribution in [0.3, 0.4) is 0 Å². The molecule has 1 atom stereocenters. The van der Waals surface area contributed by atoms with Crippen LogP contribution in [0.25, 0.3) is 0 Å². The van der Waals surface area contributed by atoms with Gasteiger partial charge in [-0.2, -0.15) is 8.78 Å². The van der Waals surface area contributed by atoms with E-state index in [-0.39, 0.29) is 0 Å². The lowest BCUT2D eigenvalue weighted by atomic mass is 10.0. The highest BCUT2D eigenvalue weighted by Crippen LogP contribution is 2.32. The summed E-state index contributed by atoms with van der Waals surface area (Å²) in [5, 5.41) is 9.99. The van der Waals surface area contributed by atoms with Crippen molar-refractivity contribution in [2.45, 2.75) is 38.1 Å². The van der Waals surface area contributed by atoms with E-state index in [2.05, 4.69) is 9.47 Å². The highest BCUT2D eigenvalue weighted by Gasteiger charge is 2.48. The van der Waals surface area contributed by atoms with E-state index in [1.165, 1.54) is 13.8 Å². The minimum absolute atomic E-state index is 0.407. The van der Waals surface area contributed by atoms with Gasteiger partial charge in [-0.3, -0.25) is 4.79 Å². The van der Waals surface area contributed by atoms with E-state index in [9.17, 15) is 23.5 Å². The largest absolute Gasteiger partial charge is 0.542 e. The quantitative estimate of drug-likeness (QED) is 0.599. The van der Waals surface area contributed by atoms with Gasteiger partial charge < -0.3 is 19.4 Å². The van der Waals surface area contributed by atoms with Crippen LogP contribution < -0.4 is 5.11 Å². The molecule has 1 rings (SSSR count). The molecule has 5 nitrogen and oxygen atoms in total. The second-order valence-corrected chi connectivity index (χ2v) is 3.69. The SMILES string of the molecule is CC1(C)OC(=O)CC1OC(F)(F)C(=O)[O-]. The first-order valence-electron chi connectivity index (χ1n) is 4.14. The van der Waals surface area contributed by atoms with Crippen molar-refractivity contribution in [1.82, 2.24) is 0 Å². The summed E-state index contributed by atoms with van der Waals surface area (Å²) in [4.78, 5) is 20.8. The van der Waals surface area contributed by atoms with Crippen LogP contribution in [0.15, 0.2) is 0 Å². The molecular formula is C8H9F2O5-. The second-order valence-electron chi connectivity index (χ2n) is 3.69. The third kappa shape index (κ3) is 2.41. The lowest BCUT2D eigenvalue weighted by molar-refractivity contribution is -0.371. The van der Waals surface area contributed by atoms with Crippen molar-refractivity contribution in [2.24, 2.45) is 0 Å². The molecule has 0 aliphatic carbocycles. The number of carbonyl (C=O) groups is 2. The van der Waals surface area contributed by atoms with Gasteiger partial charge in [0.2, 0.25) is 0 Å². The number of hydrogen-bond acceptors (Lipinski definition) is 5. The Kier molecular flexibility index (Phi) is 2.69. The molecule has 0 saturated carbocycles. The Morgan fingerprint density at radius 1 is 1.67 bits per heavy atom. The van der Waals surface area contributed by atoms with Gasteiger partial charge in [0.25, 0.3) is 0 Å². The van der Waals surface area contributed by atoms with Crippen LogP contribution >= 0.6 is 0 Å². The number of rotatable bonds is 3. The predicted octanol–water partition coefficient (Wildman–Crippen LogP) is -0.560. The summed E-state index contributed by atoms with van der Waals surface area (Å²) in [6, 6.07) is 0. The number of alkyl halides is 2. The van der Waals surface area contributed by atoms with Crippen LogP contribution in [0.2, 0.25) is 0 Å². The summed E-state index contributed by atoms with van der Waals surface area (Å²) >= 11 is 0. The average Bonchev–Trinajstić information content (AvgIpc) is 2.23. The number of carboxylic acid groups (broad SMARTS) is 1. The monoisotopic (exact) mass is 223 g/mol. The predicted molar refractivity (Wildman–Crippen MR) is 39.6 cm³/mol. The van der Waals surface area contributed by atoms with Crippen LogP contribution in [0.5, 0.6) is 0 Å². The fourth-order valence-electron chi connectivity index (χ4n) is 1.21. The third-order valence-corrected chi connectivity index (χ3v) is 2.03. The minimum Gasteiger partial charge on any atom is -0.542 e. The van der Waals surface area contributed by atoms with Gasteiger partial charge in [0.05, 0.1) is 6.42 Å². The number of esters is 1. The van der Waals surface area contributed by atoms with Gasteiger partial charge in [0.15, 0.2) is 0 Å². The molecule has 1 saturated heterocycles. The van der Waals surface area contributed by atoms with Crippen molar-refractivity contribution in [2.75, 3.05) is 0 Å². The Morgan fingerprint density at radius 2 is 2.20 bits per heavy atom. The average molecular weight is 223 g/mol. The molecule has 0 aromatic rings. The maximum Gasteiger partial charge on any atom is 0.398 e. The number of ether oxygens (including phenoxy) is 2. The number of cyclic esters (lactones) is 1. The first-order chi connectivity index (χ1) is 6.65. The van der Waals surface area contributed by atoms with Crippen molar-refractivity contribution in [3.05, 3.63) is 0 Å². The smallest absolute Gasteiger partial charge is 0.398 e. The summed E-state index contributed by atoms with van der Waals surface area (Å²) < 4.78 is 33.9. The first kappa shape index (κ1) is 11.8. The van der Waals surface area contributed by atoms with E-state index in [0.29, 0.717) is 0 Å². The van der Waals surface area contributed by atoms with Crippen LogP contribution in [-0.2, 0) is 19.1 Å². The van der Waals surface area contributed by atoms with Crippen molar-refractivity contribution >= 4 is 11.9 Å². The van der Waals surface area contributed by atoms with Crippen molar-refractivity contribution in [3.8, 4) is 0 Å². The zero-order chi connectivity index (χ0) is 11.9. The van der Waals surface area contributed by atoms with E-state index < -0.39 is 36.2 Å². The normalized spacial score (nSPS) is 25.1. The van der Waals surface area contributed by atoms with Gasteiger partial charge >= 0.3 is 12.1 Å². The van der Waals surface area contributed by atoms with Crippen LogP contribution in [0, 0.1) is 0 Å². The molecule has 0 spiro atoms. The van der Waals surface area contributed by atoms with E-state index in [1.54, 1.807) is 0 Å². The topological polar surface area (TPSA) is 75.7 Å². The van der Waals surface area contributed by atoms with Crippen LogP contribution in [0.4, 0.5) is 8.78 Å².